The van der Waals surface area contributed by atoms with Gasteiger partial charge >= 0.3 is 0 Å². The highest BCUT2D eigenvalue weighted by Crippen LogP contribution is 2.32. The van der Waals surface area contributed by atoms with E-state index >= 15 is 0 Å². The lowest BCUT2D eigenvalue weighted by atomic mass is 10.1. The number of hydrogen-bond donors (Lipinski definition) is 2. The van der Waals surface area contributed by atoms with Crippen LogP contribution in [0.1, 0.15) is 19.3 Å². The second-order valence-corrected chi connectivity index (χ2v) is 4.97. The Morgan fingerprint density at radius 2 is 2.06 bits per heavy atom. The van der Waals surface area contributed by atoms with Crippen molar-refractivity contribution in [2.24, 2.45) is 0 Å². The number of hydrogen-bond acceptors (Lipinski definition) is 4. The predicted molar refractivity (Wildman–Crippen MR) is 68.0 cm³/mol. The van der Waals surface area contributed by atoms with Crippen LogP contribution in [0.25, 0.3) is 0 Å². The first-order valence-corrected chi connectivity index (χ1v) is 6.62. The van der Waals surface area contributed by atoms with Crippen molar-refractivity contribution < 1.29 is 14.6 Å². The van der Waals surface area contributed by atoms with E-state index in [0.29, 0.717) is 19.1 Å². The van der Waals surface area contributed by atoms with E-state index in [9.17, 15) is 0 Å². The Balaban J connectivity index is 1.68. The van der Waals surface area contributed by atoms with Gasteiger partial charge in [0.25, 0.3) is 0 Å². The molecule has 2 aliphatic rings. The molecule has 0 spiro atoms. The second-order valence-electron chi connectivity index (χ2n) is 4.97. The second kappa shape index (κ2) is 5.16. The van der Waals surface area contributed by atoms with Crippen molar-refractivity contribution in [1.82, 2.24) is 5.32 Å². The van der Waals surface area contributed by atoms with Gasteiger partial charge in [0.05, 0.1) is 0 Å². The Morgan fingerprint density at radius 3 is 2.78 bits per heavy atom. The van der Waals surface area contributed by atoms with Gasteiger partial charge in [-0.1, -0.05) is 12.1 Å². The van der Waals surface area contributed by atoms with E-state index in [1.165, 1.54) is 12.8 Å². The minimum atomic E-state index is -0.0207. The lowest BCUT2D eigenvalue weighted by molar-refractivity contribution is 0.0533. The summed E-state index contributed by atoms with van der Waals surface area (Å²) in [6, 6.07) is 8.49. The molecule has 1 aliphatic carbocycles. The molecular weight excluding hydrogens is 230 g/mol. The Bertz CT molecular complexity index is 406. The van der Waals surface area contributed by atoms with Crippen LogP contribution in [0.15, 0.2) is 24.3 Å². The number of nitrogens with one attached hydrogen (secondary N) is 1. The van der Waals surface area contributed by atoms with Crippen molar-refractivity contribution >= 4 is 0 Å². The molecule has 1 heterocycles. The molecule has 1 aromatic carbocycles. The molecular formula is C14H19NO3. The number of ether oxygens (including phenoxy) is 2. The van der Waals surface area contributed by atoms with E-state index < -0.39 is 0 Å². The van der Waals surface area contributed by atoms with Crippen LogP contribution in [0.4, 0.5) is 0 Å². The highest BCUT2D eigenvalue weighted by Gasteiger charge is 2.32. The van der Waals surface area contributed by atoms with Crippen molar-refractivity contribution in [3.05, 3.63) is 24.3 Å². The molecule has 0 unspecified atom stereocenters. The lowest BCUT2D eigenvalue weighted by Crippen LogP contribution is -2.49. The topological polar surface area (TPSA) is 50.7 Å². The fourth-order valence-electron chi connectivity index (χ4n) is 2.30. The van der Waals surface area contributed by atoms with Crippen molar-refractivity contribution in [1.29, 1.82) is 0 Å². The summed E-state index contributed by atoms with van der Waals surface area (Å²) in [5.74, 6) is 1.61. The minimum Gasteiger partial charge on any atom is -0.486 e. The summed E-state index contributed by atoms with van der Waals surface area (Å²) in [4.78, 5) is 0. The van der Waals surface area contributed by atoms with Gasteiger partial charge in [-0.25, -0.2) is 0 Å². The van der Waals surface area contributed by atoms with Crippen LogP contribution in [-0.4, -0.2) is 36.5 Å². The number of aliphatic hydroxyl groups is 1. The summed E-state index contributed by atoms with van der Waals surface area (Å²) >= 11 is 0. The van der Waals surface area contributed by atoms with Gasteiger partial charge in [0.15, 0.2) is 11.5 Å². The molecule has 0 radical (unpaired) electrons. The van der Waals surface area contributed by atoms with Crippen LogP contribution in [0, 0.1) is 0 Å². The number of benzene rings is 1. The summed E-state index contributed by atoms with van der Waals surface area (Å²) in [5, 5.41) is 12.7. The van der Waals surface area contributed by atoms with Gasteiger partial charge in [-0.2, -0.15) is 0 Å². The fraction of sp³-hybridized carbons (Fsp3) is 0.571. The first kappa shape index (κ1) is 11.8. The molecule has 2 atom stereocenters. The summed E-state index contributed by atoms with van der Waals surface area (Å²) in [7, 11) is 0. The van der Waals surface area contributed by atoms with E-state index in [0.717, 1.165) is 11.5 Å². The van der Waals surface area contributed by atoms with Gasteiger partial charge in [0, 0.05) is 18.7 Å². The molecule has 18 heavy (non-hydrogen) atoms. The smallest absolute Gasteiger partial charge is 0.161 e. The molecule has 0 amide bonds. The highest BCUT2D eigenvalue weighted by molar-refractivity contribution is 5.40. The summed E-state index contributed by atoms with van der Waals surface area (Å²) < 4.78 is 11.7. The third-order valence-electron chi connectivity index (χ3n) is 3.45. The van der Waals surface area contributed by atoms with Gasteiger partial charge < -0.3 is 19.9 Å². The number of rotatable bonds is 5. The normalized spacial score (nSPS) is 23.7. The molecule has 0 saturated heterocycles. The van der Waals surface area contributed by atoms with Crippen molar-refractivity contribution in [2.75, 3.05) is 13.2 Å². The highest BCUT2D eigenvalue weighted by atomic mass is 16.6. The molecule has 1 saturated carbocycles. The Morgan fingerprint density at radius 1 is 1.28 bits per heavy atom. The lowest BCUT2D eigenvalue weighted by Gasteiger charge is -2.32. The maximum absolute atomic E-state index is 9.16. The Hall–Kier alpha value is -1.26. The SMILES string of the molecule is OCC[C@@H](NC1CC1)[C@H]1COc2ccccc2O1. The van der Waals surface area contributed by atoms with Crippen molar-refractivity contribution in [3.8, 4) is 11.5 Å². The summed E-state index contributed by atoms with van der Waals surface area (Å²) in [6.07, 6.45) is 3.14. The van der Waals surface area contributed by atoms with Gasteiger partial charge in [0.1, 0.15) is 12.7 Å². The maximum Gasteiger partial charge on any atom is 0.161 e. The minimum absolute atomic E-state index is 0.0207. The largest absolute Gasteiger partial charge is 0.486 e. The molecule has 2 N–H and O–H groups in total. The zero-order valence-corrected chi connectivity index (χ0v) is 10.3. The van der Waals surface area contributed by atoms with E-state index in [1.807, 2.05) is 24.3 Å². The third kappa shape index (κ3) is 2.60. The monoisotopic (exact) mass is 249 g/mol. The number of aliphatic hydroxyl groups excluding tert-OH is 1. The quantitative estimate of drug-likeness (QED) is 0.826. The molecule has 1 fully saturated rings. The van der Waals surface area contributed by atoms with Crippen LogP contribution >= 0.6 is 0 Å². The molecule has 1 aliphatic heterocycles. The van der Waals surface area contributed by atoms with Gasteiger partial charge in [0.2, 0.25) is 0 Å². The molecule has 98 valence electrons. The van der Waals surface area contributed by atoms with Crippen LogP contribution in [0.2, 0.25) is 0 Å². The molecule has 1 aromatic rings. The van der Waals surface area contributed by atoms with E-state index in [4.69, 9.17) is 14.6 Å². The molecule has 4 heteroatoms. The van der Waals surface area contributed by atoms with Gasteiger partial charge in [-0.15, -0.1) is 0 Å². The van der Waals surface area contributed by atoms with Crippen molar-refractivity contribution in [2.45, 2.75) is 37.5 Å². The zero-order valence-electron chi connectivity index (χ0n) is 10.3. The molecule has 0 bridgehead atoms. The first-order valence-electron chi connectivity index (χ1n) is 6.62. The molecule has 3 rings (SSSR count). The van der Waals surface area contributed by atoms with Crippen LogP contribution < -0.4 is 14.8 Å². The fourth-order valence-corrected chi connectivity index (χ4v) is 2.30. The molecule has 4 nitrogen and oxygen atoms in total. The number of fused-ring (bicyclic) bond motifs is 1. The number of para-hydroxylation sites is 2. The summed E-state index contributed by atoms with van der Waals surface area (Å²) in [5.41, 5.74) is 0. The van der Waals surface area contributed by atoms with E-state index in [2.05, 4.69) is 5.32 Å². The van der Waals surface area contributed by atoms with Gasteiger partial charge in [-0.05, 0) is 31.4 Å². The van der Waals surface area contributed by atoms with E-state index in [1.54, 1.807) is 0 Å². The average Bonchev–Trinajstić information content (AvgIpc) is 3.22. The average molecular weight is 249 g/mol. The Kier molecular flexibility index (Phi) is 3.39. The van der Waals surface area contributed by atoms with Crippen LogP contribution in [0.5, 0.6) is 11.5 Å². The first-order chi connectivity index (χ1) is 8.86. The van der Waals surface area contributed by atoms with E-state index in [-0.39, 0.29) is 18.8 Å². The third-order valence-corrected chi connectivity index (χ3v) is 3.45. The van der Waals surface area contributed by atoms with Crippen LogP contribution in [0.3, 0.4) is 0 Å². The standard InChI is InChI=1S/C14H19NO3/c16-8-7-11(15-10-5-6-10)14-9-17-12-3-1-2-4-13(12)18-14/h1-4,10-11,14-16H,5-9H2/t11-,14-/m1/s1. The van der Waals surface area contributed by atoms with Gasteiger partial charge in [-0.3, -0.25) is 0 Å². The predicted octanol–water partition coefficient (Wildman–Crippen LogP) is 1.33. The maximum atomic E-state index is 9.16. The summed E-state index contributed by atoms with van der Waals surface area (Å²) in [6.45, 7) is 0.716. The van der Waals surface area contributed by atoms with Crippen molar-refractivity contribution in [3.63, 3.8) is 0 Å². The zero-order chi connectivity index (χ0) is 12.4. The Labute approximate surface area is 107 Å². The van der Waals surface area contributed by atoms with Crippen LogP contribution in [-0.2, 0) is 0 Å². The molecule has 0 aromatic heterocycles.